The highest BCUT2D eigenvalue weighted by Gasteiger charge is 2.19. The van der Waals surface area contributed by atoms with Crippen molar-refractivity contribution in [3.8, 4) is 28.6 Å². The lowest BCUT2D eigenvalue weighted by Crippen LogP contribution is -1.94. The molecule has 4 aromatic carbocycles. The van der Waals surface area contributed by atoms with E-state index in [1.165, 1.54) is 0 Å². The van der Waals surface area contributed by atoms with Gasteiger partial charge in [-0.1, -0.05) is 48.5 Å². The molecule has 0 aliphatic rings. The van der Waals surface area contributed by atoms with Crippen molar-refractivity contribution in [1.82, 2.24) is 9.97 Å². The summed E-state index contributed by atoms with van der Waals surface area (Å²) in [6, 6.07) is 30.2. The summed E-state index contributed by atoms with van der Waals surface area (Å²) in [5.41, 5.74) is 4.61. The van der Waals surface area contributed by atoms with E-state index in [1.807, 2.05) is 36.4 Å². The van der Waals surface area contributed by atoms with Gasteiger partial charge in [0.25, 0.3) is 0 Å². The van der Waals surface area contributed by atoms with Crippen LogP contribution in [0.1, 0.15) is 5.56 Å². The third-order valence-electron chi connectivity index (χ3n) is 6.16. The molecule has 0 atom stereocenters. The number of hydrogen-bond acceptors (Lipinski definition) is 3. The number of benzene rings is 4. The molecule has 0 unspecified atom stereocenters. The summed E-state index contributed by atoms with van der Waals surface area (Å²) in [6.45, 7) is 7.48. The minimum atomic E-state index is 0.551. The van der Waals surface area contributed by atoms with E-state index in [9.17, 15) is 5.26 Å². The lowest BCUT2D eigenvalue weighted by Gasteiger charge is -2.18. The maximum absolute atomic E-state index is 9.51. The molecular formula is C30H16N4. The van der Waals surface area contributed by atoms with Crippen molar-refractivity contribution in [2.75, 3.05) is 0 Å². The topological polar surface area (TPSA) is 53.9 Å². The second-order valence-electron chi connectivity index (χ2n) is 8.09. The monoisotopic (exact) mass is 432 g/mol. The molecule has 2 aromatic heterocycles. The van der Waals surface area contributed by atoms with Crippen molar-refractivity contribution in [2.24, 2.45) is 0 Å². The number of fused-ring (bicyclic) bond motifs is 3. The van der Waals surface area contributed by atoms with Gasteiger partial charge in [-0.05, 0) is 68.7 Å². The zero-order chi connectivity index (χ0) is 23.1. The maximum atomic E-state index is 9.51. The predicted octanol–water partition coefficient (Wildman–Crippen LogP) is 7.69. The molecule has 6 rings (SSSR count). The predicted molar refractivity (Wildman–Crippen MR) is 136 cm³/mol. The summed E-state index contributed by atoms with van der Waals surface area (Å²) in [5.74, 6) is 0. The van der Waals surface area contributed by atoms with Gasteiger partial charge in [0.2, 0.25) is 0 Å². The average molecular weight is 432 g/mol. The molecule has 0 amide bonds. The fourth-order valence-corrected chi connectivity index (χ4v) is 4.68. The molecule has 34 heavy (non-hydrogen) atoms. The molecule has 0 N–H and O–H groups in total. The maximum Gasteiger partial charge on any atom is 0.190 e. The quantitative estimate of drug-likeness (QED) is 0.208. The first-order chi connectivity index (χ1) is 16.8. The SMILES string of the molecule is [C-]#[N+]c1ccnc(-c2c3ccccc3c(-c3cc(C#N)ccn3)c3cc4ccccc4cc23)c1. The molecule has 0 saturated heterocycles. The molecule has 2 heterocycles. The normalized spacial score (nSPS) is 10.9. The number of hydrogen-bond donors (Lipinski definition) is 0. The van der Waals surface area contributed by atoms with Gasteiger partial charge in [-0.3, -0.25) is 9.97 Å². The second-order valence-corrected chi connectivity index (χ2v) is 8.09. The Labute approximate surface area is 196 Å². The summed E-state index contributed by atoms with van der Waals surface area (Å²) < 4.78 is 0. The van der Waals surface area contributed by atoms with E-state index in [2.05, 4.69) is 57.3 Å². The lowest BCUT2D eigenvalue weighted by molar-refractivity contribution is 1.32. The summed E-state index contributed by atoms with van der Waals surface area (Å²) >= 11 is 0. The fourth-order valence-electron chi connectivity index (χ4n) is 4.68. The molecule has 0 spiro atoms. The van der Waals surface area contributed by atoms with Crippen LogP contribution in [0.5, 0.6) is 0 Å². The van der Waals surface area contributed by atoms with E-state index in [-0.39, 0.29) is 0 Å². The summed E-state index contributed by atoms with van der Waals surface area (Å²) in [7, 11) is 0. The Morgan fingerprint density at radius 1 is 0.647 bits per heavy atom. The molecule has 0 radical (unpaired) electrons. The van der Waals surface area contributed by atoms with Gasteiger partial charge in [-0.15, -0.1) is 0 Å². The zero-order valence-electron chi connectivity index (χ0n) is 18.0. The van der Waals surface area contributed by atoms with Gasteiger partial charge in [0.15, 0.2) is 5.69 Å². The van der Waals surface area contributed by atoms with Crippen LogP contribution >= 0.6 is 0 Å². The van der Waals surface area contributed by atoms with E-state index >= 15 is 0 Å². The van der Waals surface area contributed by atoms with Gasteiger partial charge in [0.05, 0.1) is 29.6 Å². The zero-order valence-corrected chi connectivity index (χ0v) is 18.0. The largest absolute Gasteiger partial charge is 0.259 e. The van der Waals surface area contributed by atoms with E-state index < -0.39 is 0 Å². The van der Waals surface area contributed by atoms with Crippen LogP contribution in [-0.2, 0) is 0 Å². The first-order valence-corrected chi connectivity index (χ1v) is 10.8. The Morgan fingerprint density at radius 2 is 1.21 bits per heavy atom. The molecule has 0 aliphatic heterocycles. The first-order valence-electron chi connectivity index (χ1n) is 10.8. The summed E-state index contributed by atoms with van der Waals surface area (Å²) in [6.07, 6.45) is 3.38. The molecule has 0 aliphatic carbocycles. The van der Waals surface area contributed by atoms with Crippen LogP contribution in [0.2, 0.25) is 0 Å². The van der Waals surface area contributed by atoms with Crippen molar-refractivity contribution >= 4 is 38.0 Å². The molecule has 0 bridgehead atoms. The molecule has 0 fully saturated rings. The molecular weight excluding hydrogens is 416 g/mol. The molecule has 4 heteroatoms. The van der Waals surface area contributed by atoms with Crippen molar-refractivity contribution in [1.29, 1.82) is 5.26 Å². The van der Waals surface area contributed by atoms with Crippen molar-refractivity contribution in [3.05, 3.63) is 114 Å². The molecule has 4 nitrogen and oxygen atoms in total. The molecule has 156 valence electrons. The number of rotatable bonds is 2. The van der Waals surface area contributed by atoms with Crippen LogP contribution in [0.3, 0.4) is 0 Å². The summed E-state index contributed by atoms with van der Waals surface area (Å²) in [4.78, 5) is 12.9. The van der Waals surface area contributed by atoms with Gasteiger partial charge in [-0.2, -0.15) is 5.26 Å². The Hall–Kier alpha value is -5.06. The van der Waals surface area contributed by atoms with Gasteiger partial charge in [-0.25, -0.2) is 4.85 Å². The third-order valence-corrected chi connectivity index (χ3v) is 6.16. The van der Waals surface area contributed by atoms with Crippen molar-refractivity contribution in [3.63, 3.8) is 0 Å². The van der Waals surface area contributed by atoms with E-state index in [0.717, 1.165) is 54.8 Å². The van der Waals surface area contributed by atoms with E-state index in [4.69, 9.17) is 6.57 Å². The highest BCUT2D eigenvalue weighted by atomic mass is 14.7. The number of nitriles is 1. The number of nitrogens with zero attached hydrogens (tertiary/aromatic N) is 4. The smallest absolute Gasteiger partial charge is 0.190 e. The van der Waals surface area contributed by atoms with Gasteiger partial charge in [0, 0.05) is 23.5 Å². The Kier molecular flexibility index (Phi) is 4.51. The van der Waals surface area contributed by atoms with Crippen molar-refractivity contribution < 1.29 is 0 Å². The van der Waals surface area contributed by atoms with Gasteiger partial charge in [0.1, 0.15) is 0 Å². The van der Waals surface area contributed by atoms with Crippen LogP contribution in [0.25, 0.3) is 59.7 Å². The average Bonchev–Trinajstić information content (AvgIpc) is 2.90. The van der Waals surface area contributed by atoms with Gasteiger partial charge < -0.3 is 0 Å². The molecule has 6 aromatic rings. The minimum absolute atomic E-state index is 0.551. The van der Waals surface area contributed by atoms with Gasteiger partial charge >= 0.3 is 0 Å². The molecule has 0 saturated carbocycles. The second kappa shape index (κ2) is 7.81. The Morgan fingerprint density at radius 3 is 1.79 bits per heavy atom. The number of pyridine rings is 2. The highest BCUT2D eigenvalue weighted by molar-refractivity contribution is 6.23. The van der Waals surface area contributed by atoms with Crippen LogP contribution in [-0.4, -0.2) is 9.97 Å². The van der Waals surface area contributed by atoms with E-state index in [1.54, 1.807) is 24.5 Å². The first kappa shape index (κ1) is 19.6. The highest BCUT2D eigenvalue weighted by Crippen LogP contribution is 2.44. The Bertz CT molecular complexity index is 1700. The third kappa shape index (κ3) is 3.06. The Balaban J connectivity index is 1.86. The van der Waals surface area contributed by atoms with Crippen molar-refractivity contribution in [2.45, 2.75) is 0 Å². The number of aromatic nitrogens is 2. The minimum Gasteiger partial charge on any atom is -0.259 e. The van der Waals surface area contributed by atoms with Crippen LogP contribution in [0.4, 0.5) is 5.69 Å². The van der Waals surface area contributed by atoms with E-state index in [0.29, 0.717) is 11.3 Å². The lowest BCUT2D eigenvalue weighted by atomic mass is 9.87. The fraction of sp³-hybridized carbons (Fsp3) is 0. The summed E-state index contributed by atoms with van der Waals surface area (Å²) in [5, 5.41) is 15.9. The standard InChI is InChI=1S/C30H16N4/c1-32-22-11-13-34-28(17-22)30-24-9-5-4-8-23(24)29(27-14-19(18-31)10-12-33-27)25-15-20-6-2-3-7-21(20)16-26(25)30/h2-17H. The van der Waals surface area contributed by atoms with Crippen LogP contribution in [0.15, 0.2) is 97.3 Å². The van der Waals surface area contributed by atoms with Crippen LogP contribution in [0, 0.1) is 17.9 Å². The van der Waals surface area contributed by atoms with Crippen LogP contribution < -0.4 is 0 Å².